The fourth-order valence-corrected chi connectivity index (χ4v) is 4.03. The van der Waals surface area contributed by atoms with Crippen molar-refractivity contribution in [2.75, 3.05) is 27.2 Å². The largest absolute Gasteiger partial charge is 0.481 e. The van der Waals surface area contributed by atoms with Crippen LogP contribution >= 0.6 is 0 Å². The number of nitrogens with zero attached hydrogens (tertiary/aromatic N) is 4. The zero-order valence-electron chi connectivity index (χ0n) is 16.7. The monoisotopic (exact) mass is 370 g/mol. The quantitative estimate of drug-likeness (QED) is 0.877. The molecular formula is C21H30N4O2. The second-order valence-electron chi connectivity index (χ2n) is 7.95. The maximum Gasteiger partial charge on any atom is 0.307 e. The Morgan fingerprint density at radius 3 is 2.67 bits per heavy atom. The van der Waals surface area contributed by atoms with Gasteiger partial charge in [-0.1, -0.05) is 6.07 Å². The third kappa shape index (κ3) is 4.57. The van der Waals surface area contributed by atoms with Crippen molar-refractivity contribution in [2.24, 2.45) is 5.92 Å². The molecule has 27 heavy (non-hydrogen) atoms. The van der Waals surface area contributed by atoms with Crippen molar-refractivity contribution in [2.45, 2.75) is 39.3 Å². The molecular weight excluding hydrogens is 340 g/mol. The molecule has 0 aliphatic carbocycles. The lowest BCUT2D eigenvalue weighted by Gasteiger charge is -2.30. The third-order valence-corrected chi connectivity index (χ3v) is 5.60. The molecule has 1 aromatic heterocycles. The Bertz CT molecular complexity index is 786. The number of rotatable bonds is 5. The first-order valence-corrected chi connectivity index (χ1v) is 9.57. The summed E-state index contributed by atoms with van der Waals surface area (Å²) in [7, 11) is 4.16. The number of likely N-dealkylation sites (N-methyl/N-ethyl adjacent to an activating group) is 1. The molecule has 0 unspecified atom stereocenters. The average molecular weight is 370 g/mol. The number of aliphatic carboxylic acids is 1. The standard InChI is InChI=1S/C21H30N4O2/c1-15-10-16(2)19(20(11-15)25-9-5-8-22-25)14-24-12-17(21(26)27)6-7-18(13-24)23(3)4/h5,8-11,17-18H,6-7,12-14H2,1-4H3,(H,26,27)/t17-,18+/m0/s1. The van der Waals surface area contributed by atoms with Gasteiger partial charge in [0.05, 0.1) is 11.6 Å². The third-order valence-electron chi connectivity index (χ3n) is 5.60. The minimum absolute atomic E-state index is 0.311. The average Bonchev–Trinajstić information content (AvgIpc) is 3.03. The molecule has 3 rings (SSSR count). The summed E-state index contributed by atoms with van der Waals surface area (Å²) < 4.78 is 1.91. The number of carboxylic acid groups (broad SMARTS) is 1. The summed E-state index contributed by atoms with van der Waals surface area (Å²) in [4.78, 5) is 16.2. The number of aryl methyl sites for hydroxylation is 2. The number of carboxylic acids is 1. The van der Waals surface area contributed by atoms with Crippen LogP contribution in [0.4, 0.5) is 0 Å². The number of carbonyl (C=O) groups is 1. The normalized spacial score (nSPS) is 21.4. The van der Waals surface area contributed by atoms with Crippen molar-refractivity contribution in [1.82, 2.24) is 19.6 Å². The van der Waals surface area contributed by atoms with E-state index in [4.69, 9.17) is 0 Å². The summed E-state index contributed by atoms with van der Waals surface area (Å²) in [6.07, 6.45) is 5.39. The predicted molar refractivity (Wildman–Crippen MR) is 106 cm³/mol. The molecule has 2 heterocycles. The van der Waals surface area contributed by atoms with Gasteiger partial charge in [0.2, 0.25) is 0 Å². The van der Waals surface area contributed by atoms with Crippen LogP contribution in [0.1, 0.15) is 29.5 Å². The molecule has 0 bridgehead atoms. The molecule has 2 aromatic rings. The van der Waals surface area contributed by atoms with Crippen LogP contribution in [0.2, 0.25) is 0 Å². The van der Waals surface area contributed by atoms with Crippen molar-refractivity contribution in [3.8, 4) is 5.69 Å². The molecule has 0 spiro atoms. The van der Waals surface area contributed by atoms with Gasteiger partial charge in [-0.15, -0.1) is 0 Å². The first-order chi connectivity index (χ1) is 12.8. The van der Waals surface area contributed by atoms with E-state index in [1.807, 2.05) is 16.9 Å². The summed E-state index contributed by atoms with van der Waals surface area (Å²) in [5, 5.41) is 14.0. The summed E-state index contributed by atoms with van der Waals surface area (Å²) in [5.74, 6) is -0.999. The Labute approximate surface area is 161 Å². The fraction of sp³-hybridized carbons (Fsp3) is 0.524. The molecule has 1 aromatic carbocycles. The topological polar surface area (TPSA) is 61.6 Å². The van der Waals surface area contributed by atoms with E-state index < -0.39 is 5.97 Å². The van der Waals surface area contributed by atoms with Crippen molar-refractivity contribution >= 4 is 5.97 Å². The molecule has 146 valence electrons. The van der Waals surface area contributed by atoms with Gasteiger partial charge in [0.1, 0.15) is 0 Å². The second-order valence-corrected chi connectivity index (χ2v) is 7.95. The molecule has 6 heteroatoms. The van der Waals surface area contributed by atoms with Gasteiger partial charge in [0.25, 0.3) is 0 Å². The van der Waals surface area contributed by atoms with Crippen molar-refractivity contribution < 1.29 is 9.90 Å². The van der Waals surface area contributed by atoms with E-state index >= 15 is 0 Å². The molecule has 0 amide bonds. The van der Waals surface area contributed by atoms with Crippen LogP contribution in [0.15, 0.2) is 30.6 Å². The van der Waals surface area contributed by atoms with Gasteiger partial charge in [0.15, 0.2) is 0 Å². The molecule has 1 aliphatic heterocycles. The van der Waals surface area contributed by atoms with Crippen molar-refractivity contribution in [3.05, 3.63) is 47.3 Å². The maximum atomic E-state index is 11.7. The highest BCUT2D eigenvalue weighted by Crippen LogP contribution is 2.26. The molecule has 2 atom stereocenters. The lowest BCUT2D eigenvalue weighted by Crippen LogP contribution is -2.39. The molecule has 1 fully saturated rings. The minimum atomic E-state index is -0.688. The minimum Gasteiger partial charge on any atom is -0.481 e. The summed E-state index contributed by atoms with van der Waals surface area (Å²) in [6, 6.07) is 6.65. The zero-order chi connectivity index (χ0) is 19.6. The van der Waals surface area contributed by atoms with E-state index in [1.54, 1.807) is 6.20 Å². The van der Waals surface area contributed by atoms with Crippen molar-refractivity contribution in [1.29, 1.82) is 0 Å². The predicted octanol–water partition coefficient (Wildman–Crippen LogP) is 2.72. The van der Waals surface area contributed by atoms with Gasteiger partial charge in [-0.05, 0) is 69.6 Å². The van der Waals surface area contributed by atoms with Crippen molar-refractivity contribution in [3.63, 3.8) is 0 Å². The first kappa shape index (κ1) is 19.6. The van der Waals surface area contributed by atoms with E-state index in [0.717, 1.165) is 31.6 Å². The lowest BCUT2D eigenvalue weighted by molar-refractivity contribution is -0.142. The molecule has 0 radical (unpaired) electrons. The number of benzene rings is 1. The molecule has 0 saturated carbocycles. The number of likely N-dealkylation sites (tertiary alicyclic amines) is 1. The maximum absolute atomic E-state index is 11.7. The highest BCUT2D eigenvalue weighted by Gasteiger charge is 2.29. The number of hydrogen-bond donors (Lipinski definition) is 1. The summed E-state index contributed by atoms with van der Waals surface area (Å²) in [5.41, 5.74) is 4.72. The Kier molecular flexibility index (Phi) is 5.97. The highest BCUT2D eigenvalue weighted by molar-refractivity contribution is 5.70. The molecule has 1 N–H and O–H groups in total. The van der Waals surface area contributed by atoms with Gasteiger partial charge in [0, 0.05) is 38.1 Å². The van der Waals surface area contributed by atoms with Gasteiger partial charge in [-0.3, -0.25) is 9.69 Å². The highest BCUT2D eigenvalue weighted by atomic mass is 16.4. The Morgan fingerprint density at radius 2 is 2.04 bits per heavy atom. The first-order valence-electron chi connectivity index (χ1n) is 9.57. The SMILES string of the molecule is Cc1cc(C)c(CN2C[C@@H](C(=O)O)CC[C@@H](N(C)C)C2)c(-n2cccn2)c1. The van der Waals surface area contributed by atoms with Crippen LogP contribution in [0.3, 0.4) is 0 Å². The van der Waals surface area contributed by atoms with E-state index in [2.05, 4.69) is 55.0 Å². The Hall–Kier alpha value is -2.18. The van der Waals surface area contributed by atoms with Gasteiger partial charge in [-0.2, -0.15) is 5.10 Å². The van der Waals surface area contributed by atoms with Crippen LogP contribution in [0, 0.1) is 19.8 Å². The van der Waals surface area contributed by atoms with E-state index in [9.17, 15) is 9.90 Å². The van der Waals surface area contributed by atoms with Crippen LogP contribution < -0.4 is 0 Å². The number of aromatic nitrogens is 2. The van der Waals surface area contributed by atoms with E-state index in [0.29, 0.717) is 12.6 Å². The molecule has 6 nitrogen and oxygen atoms in total. The van der Waals surface area contributed by atoms with Crippen LogP contribution in [0.25, 0.3) is 5.69 Å². The van der Waals surface area contributed by atoms with Crippen LogP contribution in [-0.4, -0.2) is 63.9 Å². The number of hydrogen-bond acceptors (Lipinski definition) is 4. The fourth-order valence-electron chi connectivity index (χ4n) is 4.03. The molecule has 1 saturated heterocycles. The van der Waals surface area contributed by atoms with Gasteiger partial charge < -0.3 is 10.0 Å². The lowest BCUT2D eigenvalue weighted by atomic mass is 10.0. The van der Waals surface area contributed by atoms with Gasteiger partial charge >= 0.3 is 5.97 Å². The van der Waals surface area contributed by atoms with E-state index in [-0.39, 0.29) is 5.92 Å². The summed E-state index contributed by atoms with van der Waals surface area (Å²) >= 11 is 0. The smallest absolute Gasteiger partial charge is 0.307 e. The van der Waals surface area contributed by atoms with Crippen LogP contribution in [0.5, 0.6) is 0 Å². The van der Waals surface area contributed by atoms with Crippen LogP contribution in [-0.2, 0) is 11.3 Å². The summed E-state index contributed by atoms with van der Waals surface area (Å²) in [6.45, 7) is 6.42. The van der Waals surface area contributed by atoms with E-state index in [1.165, 1.54) is 16.7 Å². The molecule has 1 aliphatic rings. The van der Waals surface area contributed by atoms with Gasteiger partial charge in [-0.25, -0.2) is 4.68 Å². The Balaban J connectivity index is 1.93. The second kappa shape index (κ2) is 8.23. The zero-order valence-corrected chi connectivity index (χ0v) is 16.7. The Morgan fingerprint density at radius 1 is 1.26 bits per heavy atom.